The Morgan fingerprint density at radius 3 is 2.58 bits per heavy atom. The highest BCUT2D eigenvalue weighted by molar-refractivity contribution is 5.87. The molecule has 132 valence electrons. The molecule has 0 radical (unpaired) electrons. The fourth-order valence-corrected chi connectivity index (χ4v) is 1.94. The van der Waals surface area contributed by atoms with Crippen molar-refractivity contribution in [2.24, 2.45) is 0 Å². The second kappa shape index (κ2) is 7.41. The highest BCUT2D eigenvalue weighted by atomic mass is 19.4. The maximum Gasteiger partial charge on any atom is 0.573 e. The molecule has 0 aliphatic heterocycles. The van der Waals surface area contributed by atoms with E-state index in [-0.39, 0.29) is 30.7 Å². The highest BCUT2D eigenvalue weighted by Crippen LogP contribution is 2.29. The van der Waals surface area contributed by atoms with Crippen LogP contribution in [0, 0.1) is 0 Å². The first-order valence-corrected chi connectivity index (χ1v) is 7.36. The Hall–Kier alpha value is -2.45. The summed E-state index contributed by atoms with van der Waals surface area (Å²) in [7, 11) is 1.45. The van der Waals surface area contributed by atoms with Crippen LogP contribution in [0.3, 0.4) is 0 Å². The van der Waals surface area contributed by atoms with Crippen LogP contribution >= 0.6 is 0 Å². The fraction of sp³-hybridized carbons (Fsp3) is 0.467. The van der Waals surface area contributed by atoms with E-state index in [1.165, 1.54) is 30.1 Å². The van der Waals surface area contributed by atoms with Gasteiger partial charge in [-0.1, -0.05) is 12.1 Å². The molecule has 9 heteroatoms. The van der Waals surface area contributed by atoms with E-state index in [0.29, 0.717) is 0 Å². The van der Waals surface area contributed by atoms with Gasteiger partial charge in [-0.3, -0.25) is 9.59 Å². The Labute approximate surface area is 137 Å². The Kier molecular flexibility index (Phi) is 5.53. The standard InChI is InChI=1S/C15H18F3N3O3/c1-21(9-13(22)20-10-6-7-10)14(23)8-19-11-4-2-3-5-12(11)24-15(16,17)18/h2-5,10,19H,6-9H2,1H3,(H,20,22). The van der Waals surface area contributed by atoms with Crippen molar-refractivity contribution in [3.63, 3.8) is 0 Å². The Morgan fingerprint density at radius 1 is 1.29 bits per heavy atom. The van der Waals surface area contributed by atoms with E-state index in [4.69, 9.17) is 0 Å². The largest absolute Gasteiger partial charge is 0.573 e. The van der Waals surface area contributed by atoms with Crippen molar-refractivity contribution in [3.8, 4) is 5.75 Å². The lowest BCUT2D eigenvalue weighted by Crippen LogP contribution is -2.41. The lowest BCUT2D eigenvalue weighted by molar-refractivity contribution is -0.274. The summed E-state index contributed by atoms with van der Waals surface area (Å²) in [6.07, 6.45) is -2.93. The van der Waals surface area contributed by atoms with Crippen LogP contribution in [-0.2, 0) is 9.59 Å². The van der Waals surface area contributed by atoms with Gasteiger partial charge in [-0.15, -0.1) is 13.2 Å². The number of hydrogen-bond acceptors (Lipinski definition) is 4. The minimum absolute atomic E-state index is 0.0407. The quantitative estimate of drug-likeness (QED) is 0.790. The van der Waals surface area contributed by atoms with Crippen molar-refractivity contribution in [1.82, 2.24) is 10.2 Å². The monoisotopic (exact) mass is 345 g/mol. The molecule has 0 saturated heterocycles. The number of ether oxygens (including phenoxy) is 1. The van der Waals surface area contributed by atoms with Gasteiger partial charge in [0.25, 0.3) is 0 Å². The first-order chi connectivity index (χ1) is 11.2. The zero-order chi connectivity index (χ0) is 17.7. The number of para-hydroxylation sites is 2. The van der Waals surface area contributed by atoms with Crippen LogP contribution in [0.1, 0.15) is 12.8 Å². The van der Waals surface area contributed by atoms with E-state index in [0.717, 1.165) is 18.9 Å². The number of carbonyl (C=O) groups excluding carboxylic acids is 2. The van der Waals surface area contributed by atoms with Crippen molar-refractivity contribution in [3.05, 3.63) is 24.3 Å². The van der Waals surface area contributed by atoms with E-state index < -0.39 is 18.0 Å². The summed E-state index contributed by atoms with van der Waals surface area (Å²) in [6, 6.07) is 5.62. The summed E-state index contributed by atoms with van der Waals surface area (Å²) in [5.74, 6) is -1.11. The van der Waals surface area contributed by atoms with Gasteiger partial charge in [0.15, 0.2) is 5.75 Å². The molecule has 0 unspecified atom stereocenters. The van der Waals surface area contributed by atoms with Crippen LogP contribution in [0.2, 0.25) is 0 Å². The number of nitrogens with zero attached hydrogens (tertiary/aromatic N) is 1. The predicted octanol–water partition coefficient (Wildman–Crippen LogP) is 1.73. The molecule has 0 aromatic heterocycles. The number of anilines is 1. The molecule has 1 aliphatic carbocycles. The fourth-order valence-electron chi connectivity index (χ4n) is 1.94. The minimum Gasteiger partial charge on any atom is -0.404 e. The highest BCUT2D eigenvalue weighted by Gasteiger charge is 2.32. The number of rotatable bonds is 7. The summed E-state index contributed by atoms with van der Waals surface area (Å²) < 4.78 is 40.9. The lowest BCUT2D eigenvalue weighted by atomic mass is 10.3. The SMILES string of the molecule is CN(CC(=O)NC1CC1)C(=O)CNc1ccccc1OC(F)(F)F. The Morgan fingerprint density at radius 2 is 1.96 bits per heavy atom. The molecule has 0 spiro atoms. The van der Waals surface area contributed by atoms with Crippen LogP contribution in [0.5, 0.6) is 5.75 Å². The van der Waals surface area contributed by atoms with E-state index >= 15 is 0 Å². The predicted molar refractivity (Wildman–Crippen MR) is 80.4 cm³/mol. The number of benzene rings is 1. The second-order valence-corrected chi connectivity index (χ2v) is 5.49. The molecule has 6 nitrogen and oxygen atoms in total. The van der Waals surface area contributed by atoms with Crippen LogP contribution in [-0.4, -0.2) is 49.3 Å². The van der Waals surface area contributed by atoms with Gasteiger partial charge in [0.2, 0.25) is 11.8 Å². The van der Waals surface area contributed by atoms with Gasteiger partial charge in [0, 0.05) is 13.1 Å². The second-order valence-electron chi connectivity index (χ2n) is 5.49. The molecule has 0 heterocycles. The third-order valence-corrected chi connectivity index (χ3v) is 3.29. The number of nitrogens with one attached hydrogen (secondary N) is 2. The van der Waals surface area contributed by atoms with Crippen molar-refractivity contribution in [1.29, 1.82) is 0 Å². The molecule has 24 heavy (non-hydrogen) atoms. The van der Waals surface area contributed by atoms with E-state index in [9.17, 15) is 22.8 Å². The van der Waals surface area contributed by atoms with Gasteiger partial charge in [0.1, 0.15) is 0 Å². The maximum absolute atomic E-state index is 12.3. The summed E-state index contributed by atoms with van der Waals surface area (Å²) in [4.78, 5) is 24.8. The Balaban J connectivity index is 1.85. The molecule has 1 aliphatic rings. The number of alkyl halides is 3. The molecule has 0 bridgehead atoms. The van der Waals surface area contributed by atoms with Crippen LogP contribution in [0.4, 0.5) is 18.9 Å². The molecule has 1 fully saturated rings. The number of amides is 2. The molecule has 1 saturated carbocycles. The number of hydrogen-bond donors (Lipinski definition) is 2. The molecule has 0 atom stereocenters. The van der Waals surface area contributed by atoms with E-state index in [1.54, 1.807) is 0 Å². The zero-order valence-electron chi connectivity index (χ0n) is 13.0. The first-order valence-electron chi connectivity index (χ1n) is 7.36. The third-order valence-electron chi connectivity index (χ3n) is 3.29. The molecule has 2 rings (SSSR count). The third kappa shape index (κ3) is 5.98. The van der Waals surface area contributed by atoms with Crippen LogP contribution in [0.25, 0.3) is 0 Å². The molecular formula is C15H18F3N3O3. The average molecular weight is 345 g/mol. The van der Waals surface area contributed by atoms with Gasteiger partial charge in [0.05, 0.1) is 18.8 Å². The summed E-state index contributed by atoms with van der Waals surface area (Å²) in [5, 5.41) is 5.35. The van der Waals surface area contributed by atoms with Crippen molar-refractivity contribution in [2.45, 2.75) is 25.2 Å². The van der Waals surface area contributed by atoms with Gasteiger partial charge in [-0.05, 0) is 25.0 Å². The molecule has 2 N–H and O–H groups in total. The zero-order valence-corrected chi connectivity index (χ0v) is 13.0. The van der Waals surface area contributed by atoms with E-state index in [2.05, 4.69) is 15.4 Å². The van der Waals surface area contributed by atoms with Crippen LogP contribution < -0.4 is 15.4 Å². The number of halogens is 3. The van der Waals surface area contributed by atoms with Gasteiger partial charge < -0.3 is 20.3 Å². The number of likely N-dealkylation sites (N-methyl/N-ethyl adjacent to an activating group) is 1. The van der Waals surface area contributed by atoms with Gasteiger partial charge in [-0.2, -0.15) is 0 Å². The topological polar surface area (TPSA) is 70.7 Å². The summed E-state index contributed by atoms with van der Waals surface area (Å²) >= 11 is 0. The number of carbonyl (C=O) groups is 2. The normalized spacial score (nSPS) is 14.0. The van der Waals surface area contributed by atoms with Crippen molar-refractivity contribution >= 4 is 17.5 Å². The average Bonchev–Trinajstić information content (AvgIpc) is 3.28. The summed E-state index contributed by atoms with van der Waals surface area (Å²) in [6.45, 7) is -0.358. The molecular weight excluding hydrogens is 327 g/mol. The Bertz CT molecular complexity index is 603. The van der Waals surface area contributed by atoms with Crippen LogP contribution in [0.15, 0.2) is 24.3 Å². The van der Waals surface area contributed by atoms with Crippen molar-refractivity contribution < 1.29 is 27.5 Å². The maximum atomic E-state index is 12.3. The summed E-state index contributed by atoms with van der Waals surface area (Å²) in [5.41, 5.74) is 0.0407. The molecule has 1 aromatic carbocycles. The smallest absolute Gasteiger partial charge is 0.404 e. The van der Waals surface area contributed by atoms with Gasteiger partial charge >= 0.3 is 6.36 Å². The first kappa shape index (κ1) is 17.9. The van der Waals surface area contributed by atoms with E-state index in [1.807, 2.05) is 0 Å². The molecule has 2 amide bonds. The minimum atomic E-state index is -4.82. The molecule has 1 aromatic rings. The van der Waals surface area contributed by atoms with Gasteiger partial charge in [-0.25, -0.2) is 0 Å². The van der Waals surface area contributed by atoms with Crippen molar-refractivity contribution in [2.75, 3.05) is 25.5 Å². The lowest BCUT2D eigenvalue weighted by Gasteiger charge is -2.18.